The molecule has 300 valence electrons. The molecule has 0 aliphatic rings. The Morgan fingerprint density at radius 3 is 2.21 bits per heavy atom. The first kappa shape index (κ1) is 44.8. The largest absolute Gasteiger partial charge is 0.748 e. The zero-order valence-corrected chi connectivity index (χ0v) is 32.6. The van der Waals surface area contributed by atoms with Crippen LogP contribution >= 0.6 is 0 Å². The number of carbonyl (C=O) groups is 2. The summed E-state index contributed by atoms with van der Waals surface area (Å²) >= 11 is 0. The summed E-state index contributed by atoms with van der Waals surface area (Å²) in [6.07, 6.45) is 4.83. The maximum absolute atomic E-state index is 13.7. The Labute approximate surface area is 321 Å². The number of hydrogen-bond donors (Lipinski definition) is 2. The van der Waals surface area contributed by atoms with E-state index in [1.807, 2.05) is 19.1 Å². The summed E-state index contributed by atoms with van der Waals surface area (Å²) in [7, 11) is -7.83. The molecule has 0 bridgehead atoms. The number of ketones is 1. The Balaban J connectivity index is 0.000000748. The molecular weight excluding hydrogens is 782 g/mol. The molecule has 0 saturated heterocycles. The third-order valence-corrected chi connectivity index (χ3v) is 7.17. The topological polar surface area (TPSA) is 219 Å². The molecule has 0 amide bonds. The fourth-order valence-electron chi connectivity index (χ4n) is 4.67. The third-order valence-electron chi connectivity index (χ3n) is 7.17. The van der Waals surface area contributed by atoms with Gasteiger partial charge in [-0.15, -0.1) is 0 Å². The minimum atomic E-state index is -4.57. The average molecular weight is 821 g/mol. The number of pyridine rings is 1. The van der Waals surface area contributed by atoms with Crippen molar-refractivity contribution in [2.75, 3.05) is 17.8 Å². The molecule has 0 aliphatic heterocycles. The van der Waals surface area contributed by atoms with E-state index in [0.29, 0.717) is 35.1 Å². The molecule has 0 saturated carbocycles. The van der Waals surface area contributed by atoms with Gasteiger partial charge in [0, 0.05) is 49.4 Å². The molecule has 3 heterocycles. The van der Waals surface area contributed by atoms with Crippen LogP contribution in [0, 0.1) is 19.8 Å². The van der Waals surface area contributed by atoms with Gasteiger partial charge in [0.15, 0.2) is 18.2 Å². The van der Waals surface area contributed by atoms with Crippen molar-refractivity contribution in [3.63, 3.8) is 0 Å². The zero-order chi connectivity index (χ0) is 42.0. The number of benzene rings is 2. The number of ether oxygens (including phenoxy) is 1. The van der Waals surface area contributed by atoms with Gasteiger partial charge in [-0.25, -0.2) is 36.4 Å². The molecule has 0 atom stereocenters. The number of hydrogen-bond acceptors (Lipinski definition) is 12. The predicted molar refractivity (Wildman–Crippen MR) is 194 cm³/mol. The number of aromatic amines is 1. The number of aryl methyl sites for hydroxylation is 2. The number of aromatic nitrogens is 5. The molecule has 20 heteroatoms. The maximum atomic E-state index is 13.7. The van der Waals surface area contributed by atoms with Crippen LogP contribution in [0.25, 0.3) is 16.9 Å². The molecule has 5 rings (SSSR count). The van der Waals surface area contributed by atoms with E-state index >= 15 is 0 Å². The van der Waals surface area contributed by atoms with Crippen LogP contribution in [0.2, 0.25) is 0 Å². The van der Waals surface area contributed by atoms with Crippen LogP contribution in [0.15, 0.2) is 85.7 Å². The molecule has 0 fully saturated rings. The van der Waals surface area contributed by atoms with E-state index in [4.69, 9.17) is 30.7 Å². The Morgan fingerprint density at radius 1 is 0.964 bits per heavy atom. The standard InChI is InChI=1S/C34H32F3N6O3.2CH4O3S/c1-21(2)32(45)46-20-42-11-5-6-26(18-42)29-9-10-38-33(40-29)41-30-15-25(8-7-22(30)3)31(44)14-24-12-27(34(35,36)37)16-28(13-24)43-17-23(4)39-19-43;2*1-5(2,3)4/h5-13,15-19,21H,14,20H2,1-4H3,(H,38,40,41);2*1H3,(H,2,3,4)/q+1;;/p-1. The summed E-state index contributed by atoms with van der Waals surface area (Å²) < 4.78 is 104. The number of esters is 1. The van der Waals surface area contributed by atoms with Gasteiger partial charge in [-0.05, 0) is 54.4 Å². The number of anilines is 2. The summed E-state index contributed by atoms with van der Waals surface area (Å²) in [4.78, 5) is 37.1. The fraction of sp³-hybridized carbons (Fsp3) is 0.278. The zero-order valence-electron chi connectivity index (χ0n) is 31.0. The van der Waals surface area contributed by atoms with Gasteiger partial charge in [-0.2, -0.15) is 17.7 Å². The second-order valence-corrected chi connectivity index (χ2v) is 15.5. The lowest BCUT2D eigenvalue weighted by molar-refractivity contribution is -0.727. The Morgan fingerprint density at radius 2 is 1.62 bits per heavy atom. The first-order chi connectivity index (χ1) is 25.9. The minimum absolute atomic E-state index is 0.0630. The second-order valence-electron chi connectivity index (χ2n) is 12.7. The summed E-state index contributed by atoms with van der Waals surface area (Å²) in [5, 5.41) is 3.16. The van der Waals surface area contributed by atoms with Crippen molar-refractivity contribution >= 4 is 43.6 Å². The number of imidazole rings is 1. The summed E-state index contributed by atoms with van der Waals surface area (Å²) in [6, 6.07) is 14.1. The first-order valence-electron chi connectivity index (χ1n) is 16.4. The van der Waals surface area contributed by atoms with Gasteiger partial charge in [0.25, 0.3) is 6.73 Å². The van der Waals surface area contributed by atoms with Crippen LogP contribution < -0.4 is 14.5 Å². The monoisotopic (exact) mass is 820 g/mol. The molecule has 0 unspecified atom stereocenters. The van der Waals surface area contributed by atoms with Crippen LogP contribution in [0.4, 0.5) is 24.8 Å². The van der Waals surface area contributed by atoms with E-state index < -0.39 is 32.0 Å². The van der Waals surface area contributed by atoms with Crippen LogP contribution in [0.3, 0.4) is 0 Å². The Kier molecular flexibility index (Phi) is 15.1. The molecule has 0 spiro atoms. The third kappa shape index (κ3) is 15.7. The SMILES string of the molecule is CS(=O)(=O)[O-].CS(=O)(=O)[O-].Cc1c[n+](-c2cc(CC(=O)c3ccc(C)c(Nc4nccc(-c5ccc[n+](COC(=O)C(C)C)c5)n4)c3)cc(C(F)(F)F)c2)c[nH]1. The summed E-state index contributed by atoms with van der Waals surface area (Å²) in [5.41, 5.74) is 3.59. The van der Waals surface area contributed by atoms with Crippen molar-refractivity contribution < 1.29 is 62.6 Å². The van der Waals surface area contributed by atoms with Crippen molar-refractivity contribution in [2.45, 2.75) is 47.0 Å². The Hall–Kier alpha value is -5.57. The maximum Gasteiger partial charge on any atom is 0.416 e. The van der Waals surface area contributed by atoms with Crippen molar-refractivity contribution in [1.82, 2.24) is 15.0 Å². The van der Waals surface area contributed by atoms with E-state index in [-0.39, 0.29) is 42.3 Å². The van der Waals surface area contributed by atoms with E-state index in [1.54, 1.807) is 91.4 Å². The normalized spacial score (nSPS) is 11.5. The summed E-state index contributed by atoms with van der Waals surface area (Å²) in [5.74, 6) is -0.588. The van der Waals surface area contributed by atoms with Crippen LogP contribution in [0.1, 0.15) is 46.6 Å². The highest BCUT2D eigenvalue weighted by Crippen LogP contribution is 2.31. The molecule has 15 nitrogen and oxygen atoms in total. The lowest BCUT2D eigenvalue weighted by Crippen LogP contribution is -2.36. The molecule has 56 heavy (non-hydrogen) atoms. The number of alkyl halides is 3. The van der Waals surface area contributed by atoms with Crippen molar-refractivity contribution in [2.24, 2.45) is 5.92 Å². The van der Waals surface area contributed by atoms with Gasteiger partial charge in [-0.1, -0.05) is 26.0 Å². The number of Topliss-reactive ketones (excluding diaryl/α,β-unsaturated/α-hetero) is 1. The highest BCUT2D eigenvalue weighted by molar-refractivity contribution is 7.85. The number of H-pyrrole nitrogens is 1. The molecule has 3 aromatic heterocycles. The van der Waals surface area contributed by atoms with Gasteiger partial charge in [0.1, 0.15) is 17.6 Å². The molecule has 0 radical (unpaired) electrons. The van der Waals surface area contributed by atoms with Crippen LogP contribution in [-0.4, -0.2) is 65.2 Å². The number of nitrogens with zero attached hydrogens (tertiary/aromatic N) is 4. The average Bonchev–Trinajstić information content (AvgIpc) is 3.52. The first-order valence-corrected chi connectivity index (χ1v) is 20.0. The number of nitrogens with one attached hydrogen (secondary N) is 2. The van der Waals surface area contributed by atoms with Gasteiger partial charge >= 0.3 is 12.1 Å². The van der Waals surface area contributed by atoms with Crippen molar-refractivity contribution in [3.05, 3.63) is 114 Å². The van der Waals surface area contributed by atoms with Gasteiger partial charge in [0.05, 0.1) is 43.0 Å². The minimum Gasteiger partial charge on any atom is -0.748 e. The van der Waals surface area contributed by atoms with Crippen LogP contribution in [-0.2, 0) is 49.1 Å². The Bertz CT molecular complexity index is 2360. The number of carbonyl (C=O) groups excluding carboxylic acids is 2. The number of rotatable bonds is 10. The van der Waals surface area contributed by atoms with E-state index in [1.165, 1.54) is 0 Å². The fourth-order valence-corrected chi connectivity index (χ4v) is 4.67. The number of halogens is 3. The van der Waals surface area contributed by atoms with Gasteiger partial charge in [0.2, 0.25) is 12.3 Å². The highest BCUT2D eigenvalue weighted by Gasteiger charge is 2.32. The van der Waals surface area contributed by atoms with Gasteiger partial charge in [-0.3, -0.25) is 9.59 Å². The molecule has 0 aliphatic carbocycles. The van der Waals surface area contributed by atoms with Gasteiger partial charge < -0.3 is 19.2 Å². The predicted octanol–water partition coefficient (Wildman–Crippen LogP) is 4.32. The van der Waals surface area contributed by atoms with Crippen molar-refractivity contribution in [1.29, 1.82) is 0 Å². The van der Waals surface area contributed by atoms with Crippen molar-refractivity contribution in [3.8, 4) is 16.9 Å². The van der Waals surface area contributed by atoms with E-state index in [2.05, 4.69) is 20.3 Å². The smallest absolute Gasteiger partial charge is 0.416 e. The van der Waals surface area contributed by atoms with Crippen LogP contribution in [0.5, 0.6) is 0 Å². The van der Waals surface area contributed by atoms with E-state index in [9.17, 15) is 22.8 Å². The molecular formula is C36H39F3N6O9S2. The molecule has 2 N–H and O–H groups in total. The second kappa shape index (κ2) is 18.8. The van der Waals surface area contributed by atoms with E-state index in [0.717, 1.165) is 29.0 Å². The highest BCUT2D eigenvalue weighted by atomic mass is 32.2. The quantitative estimate of drug-likeness (QED) is 0.0871. The summed E-state index contributed by atoms with van der Waals surface area (Å²) in [6.45, 7) is 7.25. The molecule has 2 aromatic carbocycles. The molecule has 5 aromatic rings. The lowest BCUT2D eigenvalue weighted by atomic mass is 9.99. The lowest BCUT2D eigenvalue weighted by Gasteiger charge is -2.12.